The van der Waals surface area contributed by atoms with Crippen LogP contribution in [0.2, 0.25) is 5.02 Å². The van der Waals surface area contributed by atoms with Gasteiger partial charge in [-0.15, -0.1) is 0 Å². The Morgan fingerprint density at radius 2 is 1.95 bits per heavy atom. The summed E-state index contributed by atoms with van der Waals surface area (Å²) in [6.07, 6.45) is 0.360. The topological polar surface area (TPSA) is 64.4 Å². The number of hydrogen-bond acceptors (Lipinski definition) is 4. The quantitative estimate of drug-likeness (QED) is 0.748. The molecule has 0 radical (unpaired) electrons. The van der Waals surface area contributed by atoms with Crippen molar-refractivity contribution < 1.29 is 14.3 Å². The summed E-state index contributed by atoms with van der Waals surface area (Å²) in [5.74, 6) is -0.176. The second-order valence-corrected chi connectivity index (χ2v) is 6.52. The number of carbonyl (C=O) groups excluding carboxylic acids is 2. The number of ether oxygens (including phenoxy) is 1. The van der Waals surface area contributed by atoms with Crippen LogP contribution in [0.5, 0.6) is 0 Å². The van der Waals surface area contributed by atoms with Crippen LogP contribution in [-0.2, 0) is 17.8 Å². The van der Waals surface area contributed by atoms with Gasteiger partial charge in [-0.1, -0.05) is 11.6 Å². The Labute approximate surface area is 129 Å². The van der Waals surface area contributed by atoms with Crippen LogP contribution in [0.4, 0.5) is 4.79 Å². The fourth-order valence-corrected chi connectivity index (χ4v) is 2.52. The molecule has 0 N–H and O–H groups in total. The van der Waals surface area contributed by atoms with E-state index in [0.29, 0.717) is 30.4 Å². The highest BCUT2D eigenvalue weighted by atomic mass is 35.5. The van der Waals surface area contributed by atoms with Gasteiger partial charge >= 0.3 is 6.09 Å². The number of aryl methyl sites for hydroxylation is 1. The molecule has 1 aromatic heterocycles. The highest BCUT2D eigenvalue weighted by Gasteiger charge is 2.28. The summed E-state index contributed by atoms with van der Waals surface area (Å²) in [6, 6.07) is 0. The molecule has 6 nitrogen and oxygen atoms in total. The molecule has 1 aromatic rings. The number of ketones is 1. The third kappa shape index (κ3) is 3.56. The Balaban J connectivity index is 2.24. The predicted octanol–water partition coefficient (Wildman–Crippen LogP) is 2.88. The van der Waals surface area contributed by atoms with Gasteiger partial charge in [-0.2, -0.15) is 5.10 Å². The summed E-state index contributed by atoms with van der Waals surface area (Å²) in [5, 5.41) is 4.57. The zero-order chi connectivity index (χ0) is 15.8. The monoisotopic (exact) mass is 313 g/mol. The molecule has 0 aromatic carbocycles. The standard InChI is InChI=1S/C14H20ClN3O3/c1-9(19)12-11(15)10-8-17(6-5-7-18(10)16-12)13(20)21-14(2,3)4/h5-8H2,1-4H3. The van der Waals surface area contributed by atoms with Gasteiger partial charge in [0, 0.05) is 20.0 Å². The fraction of sp³-hybridized carbons (Fsp3) is 0.643. The van der Waals surface area contributed by atoms with E-state index < -0.39 is 5.60 Å². The van der Waals surface area contributed by atoms with Gasteiger partial charge in [0.05, 0.1) is 17.3 Å². The van der Waals surface area contributed by atoms with E-state index in [1.54, 1.807) is 9.58 Å². The van der Waals surface area contributed by atoms with E-state index in [9.17, 15) is 9.59 Å². The van der Waals surface area contributed by atoms with Gasteiger partial charge in [-0.05, 0) is 27.2 Å². The summed E-state index contributed by atoms with van der Waals surface area (Å²) in [6.45, 7) is 8.41. The first-order chi connectivity index (χ1) is 9.69. The largest absolute Gasteiger partial charge is 0.444 e. The number of amides is 1. The number of fused-ring (bicyclic) bond motifs is 1. The normalized spacial score (nSPS) is 15.4. The Kier molecular flexibility index (Phi) is 4.27. The predicted molar refractivity (Wildman–Crippen MR) is 78.5 cm³/mol. The summed E-state index contributed by atoms with van der Waals surface area (Å²) in [5.41, 5.74) is 0.403. The summed E-state index contributed by atoms with van der Waals surface area (Å²) in [4.78, 5) is 25.3. The van der Waals surface area contributed by atoms with Crippen molar-refractivity contribution >= 4 is 23.5 Å². The molecular formula is C14H20ClN3O3. The van der Waals surface area contributed by atoms with E-state index in [0.717, 1.165) is 6.42 Å². The molecule has 0 fully saturated rings. The Bertz CT molecular complexity index is 575. The van der Waals surface area contributed by atoms with Crippen molar-refractivity contribution in [1.82, 2.24) is 14.7 Å². The van der Waals surface area contributed by atoms with Crippen molar-refractivity contribution in [2.45, 2.75) is 52.8 Å². The SMILES string of the molecule is CC(=O)c1nn2c(c1Cl)CN(C(=O)OC(C)(C)C)CCC2. The van der Waals surface area contributed by atoms with Gasteiger partial charge in [-0.3, -0.25) is 9.48 Å². The Morgan fingerprint density at radius 1 is 1.29 bits per heavy atom. The fourth-order valence-electron chi connectivity index (χ4n) is 2.19. The van der Waals surface area contributed by atoms with Gasteiger partial charge in [0.15, 0.2) is 5.78 Å². The number of rotatable bonds is 1. The molecule has 0 unspecified atom stereocenters. The third-order valence-electron chi connectivity index (χ3n) is 3.12. The molecule has 21 heavy (non-hydrogen) atoms. The molecule has 116 valence electrons. The van der Waals surface area contributed by atoms with Crippen LogP contribution >= 0.6 is 11.6 Å². The van der Waals surface area contributed by atoms with Crippen LogP contribution in [0, 0.1) is 0 Å². The number of halogens is 1. The van der Waals surface area contributed by atoms with Crippen molar-refractivity contribution in [3.05, 3.63) is 16.4 Å². The van der Waals surface area contributed by atoms with Crippen molar-refractivity contribution in [3.63, 3.8) is 0 Å². The van der Waals surface area contributed by atoms with E-state index in [4.69, 9.17) is 16.3 Å². The number of Topliss-reactive ketones (excluding diaryl/α,β-unsaturated/α-hetero) is 1. The third-order valence-corrected chi connectivity index (χ3v) is 3.51. The second-order valence-electron chi connectivity index (χ2n) is 6.14. The Hall–Kier alpha value is -1.56. The molecule has 1 amide bonds. The highest BCUT2D eigenvalue weighted by molar-refractivity contribution is 6.34. The number of carbonyl (C=O) groups is 2. The molecule has 2 heterocycles. The first-order valence-corrected chi connectivity index (χ1v) is 7.31. The summed E-state index contributed by atoms with van der Waals surface area (Å²) < 4.78 is 7.10. The van der Waals surface area contributed by atoms with Gasteiger partial charge in [0.1, 0.15) is 11.3 Å². The van der Waals surface area contributed by atoms with Crippen molar-refractivity contribution in [2.75, 3.05) is 6.54 Å². The van der Waals surface area contributed by atoms with Gasteiger partial charge in [0.2, 0.25) is 0 Å². The average molecular weight is 314 g/mol. The van der Waals surface area contributed by atoms with E-state index in [1.165, 1.54) is 6.92 Å². The van der Waals surface area contributed by atoms with E-state index in [1.807, 2.05) is 20.8 Å². The van der Waals surface area contributed by atoms with E-state index in [-0.39, 0.29) is 17.6 Å². The van der Waals surface area contributed by atoms with Crippen molar-refractivity contribution in [1.29, 1.82) is 0 Å². The minimum Gasteiger partial charge on any atom is -0.444 e. The van der Waals surface area contributed by atoms with Crippen LogP contribution in [-0.4, -0.2) is 38.7 Å². The molecule has 0 saturated heterocycles. The maximum absolute atomic E-state index is 12.2. The molecule has 2 rings (SSSR count). The van der Waals surface area contributed by atoms with Crippen LogP contribution in [0.1, 0.15) is 50.3 Å². The average Bonchev–Trinajstić information content (AvgIpc) is 2.55. The van der Waals surface area contributed by atoms with Gasteiger partial charge in [0.25, 0.3) is 0 Å². The van der Waals surface area contributed by atoms with Crippen LogP contribution in [0.3, 0.4) is 0 Å². The maximum atomic E-state index is 12.2. The van der Waals surface area contributed by atoms with Crippen molar-refractivity contribution in [3.8, 4) is 0 Å². The van der Waals surface area contributed by atoms with Crippen LogP contribution in [0.15, 0.2) is 0 Å². The lowest BCUT2D eigenvalue weighted by molar-refractivity contribution is 0.0236. The molecule has 0 spiro atoms. The molecule has 0 saturated carbocycles. The minimum absolute atomic E-state index is 0.176. The molecule has 0 bridgehead atoms. The molecule has 0 atom stereocenters. The molecule has 7 heteroatoms. The summed E-state index contributed by atoms with van der Waals surface area (Å²) >= 11 is 6.23. The first-order valence-electron chi connectivity index (χ1n) is 6.93. The number of hydrogen-bond donors (Lipinski definition) is 0. The van der Waals surface area contributed by atoms with Gasteiger partial charge < -0.3 is 9.64 Å². The smallest absolute Gasteiger partial charge is 0.410 e. The number of nitrogens with zero attached hydrogens (tertiary/aromatic N) is 3. The molecule has 0 aliphatic carbocycles. The van der Waals surface area contributed by atoms with Crippen LogP contribution in [0.25, 0.3) is 0 Å². The highest BCUT2D eigenvalue weighted by Crippen LogP contribution is 2.26. The first kappa shape index (κ1) is 15.8. The lowest BCUT2D eigenvalue weighted by Gasteiger charge is -2.26. The lowest BCUT2D eigenvalue weighted by atomic mass is 10.2. The van der Waals surface area contributed by atoms with Crippen LogP contribution < -0.4 is 0 Å². The molecule has 1 aliphatic rings. The van der Waals surface area contributed by atoms with Gasteiger partial charge in [-0.25, -0.2) is 4.79 Å². The number of aromatic nitrogens is 2. The lowest BCUT2D eigenvalue weighted by Crippen LogP contribution is -2.36. The van der Waals surface area contributed by atoms with E-state index in [2.05, 4.69) is 5.10 Å². The summed E-state index contributed by atoms with van der Waals surface area (Å²) in [7, 11) is 0. The zero-order valence-electron chi connectivity index (χ0n) is 12.8. The van der Waals surface area contributed by atoms with Crippen molar-refractivity contribution in [2.24, 2.45) is 0 Å². The Morgan fingerprint density at radius 3 is 2.52 bits per heavy atom. The molecular weight excluding hydrogens is 294 g/mol. The van der Waals surface area contributed by atoms with E-state index >= 15 is 0 Å². The molecule has 1 aliphatic heterocycles. The second kappa shape index (κ2) is 5.67. The minimum atomic E-state index is -0.544. The maximum Gasteiger partial charge on any atom is 0.410 e. The zero-order valence-corrected chi connectivity index (χ0v) is 13.5.